The number of thiophene rings is 1. The summed E-state index contributed by atoms with van der Waals surface area (Å²) in [5.41, 5.74) is 3.38. The molecule has 0 fully saturated rings. The number of amides is 1. The van der Waals surface area contributed by atoms with E-state index in [9.17, 15) is 10.1 Å². The van der Waals surface area contributed by atoms with E-state index in [1.54, 1.807) is 30.0 Å². The van der Waals surface area contributed by atoms with E-state index >= 15 is 0 Å². The lowest BCUT2D eigenvalue weighted by molar-refractivity contribution is -0.117. The van der Waals surface area contributed by atoms with Crippen molar-refractivity contribution in [3.63, 3.8) is 0 Å². The van der Waals surface area contributed by atoms with Crippen molar-refractivity contribution >= 4 is 34.6 Å². The summed E-state index contributed by atoms with van der Waals surface area (Å²) < 4.78 is 6.49. The molecule has 0 spiro atoms. The SMILES string of the molecule is C=C(C)C(=C)OCCNC(=O)/C(C#N)=C1/c2ccccc2Sc2sccc21. The van der Waals surface area contributed by atoms with Crippen LogP contribution in [0.3, 0.4) is 0 Å². The Balaban J connectivity index is 1.86. The topological polar surface area (TPSA) is 62.1 Å². The van der Waals surface area contributed by atoms with Gasteiger partial charge in [-0.05, 0) is 35.6 Å². The second kappa shape index (κ2) is 8.30. The minimum absolute atomic E-state index is 0.112. The lowest BCUT2D eigenvalue weighted by atomic mass is 9.94. The maximum absolute atomic E-state index is 12.7. The zero-order valence-corrected chi connectivity index (χ0v) is 16.5. The normalized spacial score (nSPS) is 13.6. The molecular formula is C21H18N2O2S2. The van der Waals surface area contributed by atoms with Crippen LogP contribution in [0.1, 0.15) is 18.1 Å². The van der Waals surface area contributed by atoms with Crippen LogP contribution >= 0.6 is 23.1 Å². The number of hydrogen-bond acceptors (Lipinski definition) is 5. The minimum Gasteiger partial charge on any atom is -0.492 e. The number of nitriles is 1. The molecule has 3 rings (SSSR count). The molecule has 1 aromatic carbocycles. The number of carbonyl (C=O) groups is 1. The Morgan fingerprint density at radius 3 is 2.78 bits per heavy atom. The average Bonchev–Trinajstić information content (AvgIpc) is 3.13. The number of rotatable bonds is 6. The predicted octanol–water partition coefficient (Wildman–Crippen LogP) is 4.76. The third-order valence-corrected chi connectivity index (χ3v) is 6.21. The summed E-state index contributed by atoms with van der Waals surface area (Å²) in [4.78, 5) is 13.7. The van der Waals surface area contributed by atoms with E-state index in [2.05, 4.69) is 24.5 Å². The van der Waals surface area contributed by atoms with Gasteiger partial charge in [0, 0.05) is 16.0 Å². The van der Waals surface area contributed by atoms with E-state index in [0.29, 0.717) is 11.3 Å². The van der Waals surface area contributed by atoms with Gasteiger partial charge >= 0.3 is 0 Å². The molecule has 2 heterocycles. The molecule has 0 atom stereocenters. The van der Waals surface area contributed by atoms with Crippen LogP contribution in [-0.2, 0) is 9.53 Å². The molecule has 0 saturated heterocycles. The third kappa shape index (κ3) is 4.00. The van der Waals surface area contributed by atoms with Crippen LogP contribution in [0.15, 0.2) is 74.9 Å². The molecule has 136 valence electrons. The Bertz CT molecular complexity index is 996. The van der Waals surface area contributed by atoms with Crippen LogP contribution in [0.2, 0.25) is 0 Å². The van der Waals surface area contributed by atoms with Crippen molar-refractivity contribution in [3.05, 3.63) is 76.9 Å². The van der Waals surface area contributed by atoms with Gasteiger partial charge in [-0.2, -0.15) is 5.26 Å². The van der Waals surface area contributed by atoms with Crippen LogP contribution in [0.5, 0.6) is 0 Å². The third-order valence-electron chi connectivity index (χ3n) is 3.99. The second-order valence-corrected chi connectivity index (χ2v) is 8.12. The quantitative estimate of drug-likeness (QED) is 0.215. The first-order valence-corrected chi connectivity index (χ1v) is 9.97. The monoisotopic (exact) mass is 394 g/mol. The zero-order valence-electron chi connectivity index (χ0n) is 14.9. The number of carbonyl (C=O) groups excluding carboxylic acids is 1. The van der Waals surface area contributed by atoms with Crippen molar-refractivity contribution in [2.24, 2.45) is 0 Å². The highest BCUT2D eigenvalue weighted by atomic mass is 32.2. The lowest BCUT2D eigenvalue weighted by Gasteiger charge is -2.20. The fourth-order valence-electron chi connectivity index (χ4n) is 2.61. The highest BCUT2D eigenvalue weighted by Crippen LogP contribution is 2.48. The fraction of sp³-hybridized carbons (Fsp3) is 0.143. The molecular weight excluding hydrogens is 376 g/mol. The number of nitrogens with one attached hydrogen (secondary N) is 1. The second-order valence-electron chi connectivity index (χ2n) is 5.89. The molecule has 0 unspecified atom stereocenters. The van der Waals surface area contributed by atoms with Gasteiger partial charge in [0.05, 0.1) is 10.8 Å². The molecule has 1 aromatic heterocycles. The fourth-order valence-corrected chi connectivity index (χ4v) is 4.77. The van der Waals surface area contributed by atoms with Crippen molar-refractivity contribution in [1.82, 2.24) is 5.32 Å². The number of nitrogens with zero attached hydrogens (tertiary/aromatic N) is 1. The van der Waals surface area contributed by atoms with Crippen LogP contribution in [-0.4, -0.2) is 19.1 Å². The zero-order chi connectivity index (χ0) is 19.4. The summed E-state index contributed by atoms with van der Waals surface area (Å²) >= 11 is 3.27. The first-order valence-electron chi connectivity index (χ1n) is 8.28. The highest BCUT2D eigenvalue weighted by molar-refractivity contribution is 8.01. The summed E-state index contributed by atoms with van der Waals surface area (Å²) in [6.45, 7) is 9.83. The first-order chi connectivity index (χ1) is 13.0. The smallest absolute Gasteiger partial charge is 0.262 e. The summed E-state index contributed by atoms with van der Waals surface area (Å²) in [6, 6.07) is 11.9. The van der Waals surface area contributed by atoms with Crippen LogP contribution in [0.25, 0.3) is 5.57 Å². The number of ether oxygens (including phenoxy) is 1. The molecule has 1 amide bonds. The number of benzene rings is 1. The number of fused-ring (bicyclic) bond motifs is 2. The molecule has 0 radical (unpaired) electrons. The molecule has 6 heteroatoms. The molecule has 1 aliphatic heterocycles. The molecule has 4 nitrogen and oxygen atoms in total. The number of hydrogen-bond donors (Lipinski definition) is 1. The van der Waals surface area contributed by atoms with Gasteiger partial charge in [0.1, 0.15) is 24.0 Å². The van der Waals surface area contributed by atoms with Crippen LogP contribution < -0.4 is 5.32 Å². The molecule has 0 aliphatic carbocycles. The average molecular weight is 395 g/mol. The largest absolute Gasteiger partial charge is 0.492 e. The maximum Gasteiger partial charge on any atom is 0.262 e. The van der Waals surface area contributed by atoms with Gasteiger partial charge in [0.15, 0.2) is 0 Å². The molecule has 27 heavy (non-hydrogen) atoms. The Labute approximate surface area is 166 Å². The Kier molecular flexibility index (Phi) is 5.84. The summed E-state index contributed by atoms with van der Waals surface area (Å²) in [5, 5.41) is 14.5. The van der Waals surface area contributed by atoms with E-state index in [1.807, 2.05) is 35.7 Å². The molecule has 0 saturated carbocycles. The van der Waals surface area contributed by atoms with Crippen molar-refractivity contribution in [2.45, 2.75) is 16.0 Å². The standard InChI is InChI=1S/C21H18N2O2S2/c1-13(2)14(3)25-10-9-23-20(24)17(12-22)19-15-6-4-5-7-18(15)27-21-16(19)8-11-26-21/h4-8,11H,1,3,9-10H2,2H3,(H,23,24)/b19-17-. The van der Waals surface area contributed by atoms with Crippen molar-refractivity contribution in [1.29, 1.82) is 5.26 Å². The Morgan fingerprint density at radius 2 is 2.04 bits per heavy atom. The van der Waals surface area contributed by atoms with Crippen molar-refractivity contribution in [2.75, 3.05) is 13.2 Å². The van der Waals surface area contributed by atoms with E-state index in [-0.39, 0.29) is 18.7 Å². The predicted molar refractivity (Wildman–Crippen MR) is 109 cm³/mol. The maximum atomic E-state index is 12.7. The van der Waals surface area contributed by atoms with Gasteiger partial charge in [-0.25, -0.2) is 0 Å². The minimum atomic E-state index is -0.407. The first kappa shape index (κ1) is 19.0. The van der Waals surface area contributed by atoms with Crippen LogP contribution in [0.4, 0.5) is 0 Å². The molecule has 1 N–H and O–H groups in total. The summed E-state index contributed by atoms with van der Waals surface area (Å²) in [5.74, 6) is 0.0835. The van der Waals surface area contributed by atoms with E-state index in [4.69, 9.17) is 4.74 Å². The molecule has 2 aromatic rings. The van der Waals surface area contributed by atoms with Crippen molar-refractivity contribution < 1.29 is 9.53 Å². The van der Waals surface area contributed by atoms with E-state index < -0.39 is 5.91 Å². The van der Waals surface area contributed by atoms with Gasteiger partial charge in [0.25, 0.3) is 5.91 Å². The van der Waals surface area contributed by atoms with Gasteiger partial charge in [-0.3, -0.25) is 4.79 Å². The Hall–Kier alpha value is -2.75. The van der Waals surface area contributed by atoms with E-state index in [0.717, 1.165) is 25.8 Å². The van der Waals surface area contributed by atoms with Crippen LogP contribution in [0, 0.1) is 11.3 Å². The number of allylic oxidation sites excluding steroid dienone is 1. The lowest BCUT2D eigenvalue weighted by Crippen LogP contribution is -2.29. The summed E-state index contributed by atoms with van der Waals surface area (Å²) in [7, 11) is 0. The van der Waals surface area contributed by atoms with E-state index in [1.165, 1.54) is 0 Å². The van der Waals surface area contributed by atoms with Gasteiger partial charge in [0.2, 0.25) is 0 Å². The van der Waals surface area contributed by atoms with Crippen molar-refractivity contribution in [3.8, 4) is 6.07 Å². The van der Waals surface area contributed by atoms with Gasteiger partial charge in [-0.1, -0.05) is 43.1 Å². The van der Waals surface area contributed by atoms with Gasteiger partial charge in [-0.15, -0.1) is 11.3 Å². The highest BCUT2D eigenvalue weighted by Gasteiger charge is 2.27. The molecule has 0 bridgehead atoms. The summed E-state index contributed by atoms with van der Waals surface area (Å²) in [6.07, 6.45) is 0. The Morgan fingerprint density at radius 1 is 1.26 bits per heavy atom. The molecule has 1 aliphatic rings. The van der Waals surface area contributed by atoms with Gasteiger partial charge < -0.3 is 10.1 Å².